The molecule has 1 aromatic heterocycles. The highest BCUT2D eigenvalue weighted by molar-refractivity contribution is 7.71. The van der Waals surface area contributed by atoms with Crippen LogP contribution in [0.25, 0.3) is 11.5 Å². The topological polar surface area (TPSA) is 71.4 Å². The first-order valence-corrected chi connectivity index (χ1v) is 5.50. The minimum atomic E-state index is -0.230. The number of carbonyl (C=O) groups excluding carboxylic acids is 1. The molecule has 2 rings (SSSR count). The molecule has 7 heteroatoms. The molecule has 94 valence electrons. The van der Waals surface area contributed by atoms with Gasteiger partial charge in [0.1, 0.15) is 0 Å². The second kappa shape index (κ2) is 5.11. The van der Waals surface area contributed by atoms with Gasteiger partial charge in [-0.3, -0.25) is 9.63 Å². The molecule has 0 saturated carbocycles. The van der Waals surface area contributed by atoms with Crippen LogP contribution >= 0.6 is 12.2 Å². The summed E-state index contributed by atoms with van der Waals surface area (Å²) in [5.74, 6) is 0.158. The molecule has 0 radical (unpaired) electrons. The normalized spacial score (nSPS) is 10.3. The van der Waals surface area contributed by atoms with E-state index < -0.39 is 0 Å². The van der Waals surface area contributed by atoms with Crippen molar-refractivity contribution in [3.63, 3.8) is 0 Å². The van der Waals surface area contributed by atoms with Gasteiger partial charge in [-0.1, -0.05) is 0 Å². The van der Waals surface area contributed by atoms with Gasteiger partial charge >= 0.3 is 0 Å². The molecule has 1 heterocycles. The van der Waals surface area contributed by atoms with Crippen molar-refractivity contribution in [1.82, 2.24) is 15.3 Å². The van der Waals surface area contributed by atoms with Crippen molar-refractivity contribution >= 4 is 18.1 Å². The number of amides is 1. The molecule has 0 bridgehead atoms. The molecule has 18 heavy (non-hydrogen) atoms. The molecule has 0 saturated heterocycles. The number of rotatable bonds is 3. The molecule has 2 aromatic rings. The van der Waals surface area contributed by atoms with Crippen LogP contribution in [-0.2, 0) is 4.84 Å². The van der Waals surface area contributed by atoms with Crippen molar-refractivity contribution in [2.75, 3.05) is 14.2 Å². The zero-order valence-corrected chi connectivity index (χ0v) is 10.7. The van der Waals surface area contributed by atoms with Crippen LogP contribution in [0.3, 0.4) is 0 Å². The van der Waals surface area contributed by atoms with E-state index in [4.69, 9.17) is 21.5 Å². The summed E-state index contributed by atoms with van der Waals surface area (Å²) in [4.78, 5) is 16.8. The van der Waals surface area contributed by atoms with E-state index in [0.29, 0.717) is 11.5 Å². The molecule has 1 N–H and O–H groups in total. The van der Waals surface area contributed by atoms with Crippen LogP contribution in [0.5, 0.6) is 0 Å². The number of hydrogen-bond donors (Lipinski definition) is 1. The quantitative estimate of drug-likeness (QED) is 0.679. The highest BCUT2D eigenvalue weighted by Gasteiger charge is 2.12. The van der Waals surface area contributed by atoms with Crippen LogP contribution in [0.2, 0.25) is 0 Å². The Morgan fingerprint density at radius 1 is 1.44 bits per heavy atom. The average Bonchev–Trinajstić information content (AvgIpc) is 2.84. The van der Waals surface area contributed by atoms with Gasteiger partial charge in [0.15, 0.2) is 0 Å². The van der Waals surface area contributed by atoms with Gasteiger partial charge in [-0.25, -0.2) is 10.2 Å². The number of hydrogen-bond acceptors (Lipinski definition) is 5. The molecule has 1 amide bonds. The molecule has 1 aromatic carbocycles. The lowest BCUT2D eigenvalue weighted by atomic mass is 10.1. The first-order chi connectivity index (χ1) is 8.61. The summed E-state index contributed by atoms with van der Waals surface area (Å²) in [7, 11) is 2.97. The number of nitrogens with zero attached hydrogens (tertiary/aromatic N) is 2. The van der Waals surface area contributed by atoms with Gasteiger partial charge in [0, 0.05) is 18.2 Å². The summed E-state index contributed by atoms with van der Waals surface area (Å²) in [6.07, 6.45) is 0. The van der Waals surface area contributed by atoms with E-state index >= 15 is 0 Å². The van der Waals surface area contributed by atoms with Gasteiger partial charge < -0.3 is 4.42 Å². The predicted molar refractivity (Wildman–Crippen MR) is 66.2 cm³/mol. The van der Waals surface area contributed by atoms with E-state index in [1.54, 1.807) is 31.3 Å². The van der Waals surface area contributed by atoms with Crippen molar-refractivity contribution in [3.8, 4) is 11.5 Å². The summed E-state index contributed by atoms with van der Waals surface area (Å²) in [5.41, 5.74) is 1.25. The third-order valence-electron chi connectivity index (χ3n) is 2.38. The molecule has 0 fully saturated rings. The van der Waals surface area contributed by atoms with Gasteiger partial charge in [0.2, 0.25) is 5.89 Å². The van der Waals surface area contributed by atoms with E-state index in [-0.39, 0.29) is 10.7 Å². The maximum absolute atomic E-state index is 11.8. The summed E-state index contributed by atoms with van der Waals surface area (Å²) >= 11 is 4.79. The van der Waals surface area contributed by atoms with Gasteiger partial charge in [-0.2, -0.15) is 0 Å². The van der Waals surface area contributed by atoms with E-state index in [1.807, 2.05) is 0 Å². The van der Waals surface area contributed by atoms with Gasteiger partial charge in [0.05, 0.1) is 7.11 Å². The molecular weight excluding hydrogens is 254 g/mol. The molecule has 0 aliphatic heterocycles. The first-order valence-electron chi connectivity index (χ1n) is 5.10. The third kappa shape index (κ3) is 2.47. The van der Waals surface area contributed by atoms with Crippen molar-refractivity contribution in [2.24, 2.45) is 0 Å². The average molecular weight is 265 g/mol. The molecule has 0 unspecified atom stereocenters. The van der Waals surface area contributed by atoms with Crippen LogP contribution in [0.4, 0.5) is 0 Å². The minimum absolute atomic E-state index is 0.212. The Morgan fingerprint density at radius 2 is 2.11 bits per heavy atom. The number of nitrogens with one attached hydrogen (secondary N) is 1. The zero-order chi connectivity index (χ0) is 13.1. The van der Waals surface area contributed by atoms with E-state index in [0.717, 1.165) is 10.6 Å². The molecule has 0 spiro atoms. The number of hydroxylamine groups is 2. The minimum Gasteiger partial charge on any atom is -0.409 e. The van der Waals surface area contributed by atoms with E-state index in [9.17, 15) is 4.79 Å². The Hall–Kier alpha value is -1.99. The summed E-state index contributed by atoms with van der Waals surface area (Å²) < 4.78 is 5.17. The Labute approximate surface area is 108 Å². The maximum Gasteiger partial charge on any atom is 0.284 e. The first kappa shape index (κ1) is 12.5. The number of aromatic nitrogens is 2. The third-order valence-corrected chi connectivity index (χ3v) is 2.55. The summed E-state index contributed by atoms with van der Waals surface area (Å²) in [5, 5.41) is 7.58. The lowest BCUT2D eigenvalue weighted by Gasteiger charge is -2.13. The lowest BCUT2D eigenvalue weighted by molar-refractivity contribution is -0.0756. The van der Waals surface area contributed by atoms with Crippen LogP contribution in [0.1, 0.15) is 10.4 Å². The van der Waals surface area contributed by atoms with E-state index in [2.05, 4.69) is 10.2 Å². The SMILES string of the molecule is CON(C)C(=O)c1ccc(-c2n[nH]c(=S)o2)cc1. The Balaban J connectivity index is 2.25. The zero-order valence-electron chi connectivity index (χ0n) is 9.84. The number of aromatic amines is 1. The lowest BCUT2D eigenvalue weighted by Crippen LogP contribution is -2.25. The highest BCUT2D eigenvalue weighted by Crippen LogP contribution is 2.17. The van der Waals surface area contributed by atoms with Crippen LogP contribution in [-0.4, -0.2) is 35.3 Å². The number of carbonyl (C=O) groups is 1. The fourth-order valence-electron chi connectivity index (χ4n) is 1.37. The highest BCUT2D eigenvalue weighted by atomic mass is 32.1. The fourth-order valence-corrected chi connectivity index (χ4v) is 1.50. The van der Waals surface area contributed by atoms with Gasteiger partial charge in [0.25, 0.3) is 10.7 Å². The largest absolute Gasteiger partial charge is 0.409 e. The van der Waals surface area contributed by atoms with Gasteiger partial charge in [-0.15, -0.1) is 5.10 Å². The van der Waals surface area contributed by atoms with Crippen molar-refractivity contribution in [1.29, 1.82) is 0 Å². The summed E-state index contributed by atoms with van der Waals surface area (Å²) in [6, 6.07) is 6.79. The number of H-pyrrole nitrogens is 1. The predicted octanol–water partition coefficient (Wildman–Crippen LogP) is 2.03. The second-order valence-corrected chi connectivity index (χ2v) is 3.85. The van der Waals surface area contributed by atoms with Crippen molar-refractivity contribution < 1.29 is 14.0 Å². The molecule has 0 aliphatic rings. The van der Waals surface area contributed by atoms with Crippen molar-refractivity contribution in [2.45, 2.75) is 0 Å². The molecular formula is C11H11N3O3S. The summed E-state index contributed by atoms with van der Waals surface area (Å²) in [6.45, 7) is 0. The number of benzene rings is 1. The standard InChI is InChI=1S/C11H11N3O3S/c1-14(16-2)10(15)8-5-3-7(4-6-8)9-12-13-11(18)17-9/h3-6H,1-2H3,(H,13,18). The van der Waals surface area contributed by atoms with Crippen LogP contribution in [0.15, 0.2) is 28.7 Å². The molecule has 0 atom stereocenters. The monoisotopic (exact) mass is 265 g/mol. The molecule has 6 nitrogen and oxygen atoms in total. The second-order valence-electron chi connectivity index (χ2n) is 3.48. The fraction of sp³-hybridized carbons (Fsp3) is 0.182. The van der Waals surface area contributed by atoms with E-state index in [1.165, 1.54) is 7.11 Å². The van der Waals surface area contributed by atoms with Crippen molar-refractivity contribution in [3.05, 3.63) is 34.7 Å². The van der Waals surface area contributed by atoms with Crippen LogP contribution < -0.4 is 0 Å². The smallest absolute Gasteiger partial charge is 0.284 e. The molecule has 0 aliphatic carbocycles. The Morgan fingerprint density at radius 3 is 2.61 bits per heavy atom. The Kier molecular flexibility index (Phi) is 3.54. The van der Waals surface area contributed by atoms with Gasteiger partial charge in [-0.05, 0) is 36.5 Å². The Bertz CT molecular complexity index is 602. The maximum atomic E-state index is 11.8. The van der Waals surface area contributed by atoms with Crippen LogP contribution in [0, 0.1) is 4.84 Å².